The molecule has 4 amide bonds. The number of anilines is 1. The molecule has 3 heterocycles. The molecule has 1 aromatic heterocycles. The number of carbonyl (C=O) groups excluding carboxylic acids is 2. The van der Waals surface area contributed by atoms with Crippen molar-refractivity contribution in [3.8, 4) is 0 Å². The molecule has 2 aromatic rings. The number of hydrogen-bond donors (Lipinski definition) is 3. The van der Waals surface area contributed by atoms with Crippen molar-refractivity contribution in [3.05, 3.63) is 59.2 Å². The van der Waals surface area contributed by atoms with Gasteiger partial charge >= 0.3 is 12.1 Å². The van der Waals surface area contributed by atoms with Crippen LogP contribution < -0.4 is 10.6 Å². The lowest BCUT2D eigenvalue weighted by Crippen LogP contribution is -2.45. The van der Waals surface area contributed by atoms with E-state index in [0.717, 1.165) is 24.1 Å². The van der Waals surface area contributed by atoms with E-state index in [1.165, 1.54) is 17.8 Å². The average molecular weight is 470 g/mol. The number of aromatic nitrogens is 1. The summed E-state index contributed by atoms with van der Waals surface area (Å²) in [6.07, 6.45) is 3.44. The summed E-state index contributed by atoms with van der Waals surface area (Å²) >= 11 is 0. The zero-order chi connectivity index (χ0) is 24.3. The Bertz CT molecular complexity index is 1030. The number of halogens is 1. The number of pyridine rings is 1. The molecule has 0 unspecified atom stereocenters. The van der Waals surface area contributed by atoms with Crippen LogP contribution in [0.4, 0.5) is 19.7 Å². The maximum absolute atomic E-state index is 13.4. The highest BCUT2D eigenvalue weighted by molar-refractivity contribution is 5.89. The third kappa shape index (κ3) is 6.02. The largest absolute Gasteiger partial charge is 0.390 e. The summed E-state index contributed by atoms with van der Waals surface area (Å²) in [5.41, 5.74) is 2.56. The Morgan fingerprint density at radius 3 is 2.50 bits per heavy atom. The number of benzene rings is 1. The van der Waals surface area contributed by atoms with Crippen molar-refractivity contribution in [1.29, 1.82) is 0 Å². The Kier molecular flexibility index (Phi) is 7.02. The van der Waals surface area contributed by atoms with Gasteiger partial charge in [-0.05, 0) is 68.4 Å². The second kappa shape index (κ2) is 9.97. The summed E-state index contributed by atoms with van der Waals surface area (Å²) < 4.78 is 13.4. The molecule has 1 fully saturated rings. The number of likely N-dealkylation sites (tertiary alicyclic amines) is 1. The summed E-state index contributed by atoms with van der Waals surface area (Å²) in [5, 5.41) is 15.5. The lowest BCUT2D eigenvalue weighted by Gasteiger charge is -2.32. The predicted molar refractivity (Wildman–Crippen MR) is 127 cm³/mol. The first-order valence-electron chi connectivity index (χ1n) is 11.7. The maximum atomic E-state index is 13.4. The quantitative estimate of drug-likeness (QED) is 0.620. The number of aliphatic hydroxyl groups is 1. The molecular weight excluding hydrogens is 437 g/mol. The molecule has 0 radical (unpaired) electrons. The van der Waals surface area contributed by atoms with Crippen molar-refractivity contribution < 1.29 is 19.1 Å². The molecule has 2 aliphatic heterocycles. The van der Waals surface area contributed by atoms with Crippen LogP contribution in [0.3, 0.4) is 0 Å². The zero-order valence-corrected chi connectivity index (χ0v) is 19.7. The van der Waals surface area contributed by atoms with E-state index in [2.05, 4.69) is 15.6 Å². The molecule has 2 aliphatic rings. The Labute approximate surface area is 199 Å². The van der Waals surface area contributed by atoms with E-state index in [-0.39, 0.29) is 12.1 Å². The number of fused-ring (bicyclic) bond motifs is 1. The van der Waals surface area contributed by atoms with Gasteiger partial charge in [-0.15, -0.1) is 0 Å². The zero-order valence-electron chi connectivity index (χ0n) is 19.7. The molecule has 9 heteroatoms. The Morgan fingerprint density at radius 1 is 1.12 bits per heavy atom. The normalized spacial score (nSPS) is 16.4. The molecule has 0 aliphatic carbocycles. The van der Waals surface area contributed by atoms with Crippen molar-refractivity contribution in [3.63, 3.8) is 0 Å². The van der Waals surface area contributed by atoms with Crippen molar-refractivity contribution in [2.75, 3.05) is 25.0 Å². The van der Waals surface area contributed by atoms with Crippen LogP contribution in [-0.4, -0.2) is 57.2 Å². The van der Waals surface area contributed by atoms with Crippen LogP contribution in [0.1, 0.15) is 55.8 Å². The number of nitrogens with one attached hydrogen (secondary N) is 2. The van der Waals surface area contributed by atoms with Gasteiger partial charge in [0.1, 0.15) is 5.82 Å². The number of amides is 4. The van der Waals surface area contributed by atoms with Crippen molar-refractivity contribution in [2.45, 2.75) is 57.7 Å². The second-order valence-corrected chi connectivity index (χ2v) is 9.72. The summed E-state index contributed by atoms with van der Waals surface area (Å²) in [4.78, 5) is 32.5. The molecule has 4 rings (SSSR count). The van der Waals surface area contributed by atoms with E-state index < -0.39 is 11.4 Å². The molecule has 34 heavy (non-hydrogen) atoms. The van der Waals surface area contributed by atoms with Crippen LogP contribution in [0.5, 0.6) is 0 Å². The van der Waals surface area contributed by atoms with Gasteiger partial charge in [-0.25, -0.2) is 14.0 Å². The summed E-state index contributed by atoms with van der Waals surface area (Å²) in [7, 11) is 0. The monoisotopic (exact) mass is 469 g/mol. The lowest BCUT2D eigenvalue weighted by atomic mass is 9.89. The first-order valence-corrected chi connectivity index (χ1v) is 11.7. The van der Waals surface area contributed by atoms with Crippen molar-refractivity contribution in [2.24, 2.45) is 0 Å². The van der Waals surface area contributed by atoms with Gasteiger partial charge in [-0.1, -0.05) is 12.1 Å². The number of hydrogen-bond acceptors (Lipinski definition) is 4. The Balaban J connectivity index is 1.24. The second-order valence-electron chi connectivity index (χ2n) is 9.72. The average Bonchev–Trinajstić information content (AvgIpc) is 3.22. The van der Waals surface area contributed by atoms with Crippen LogP contribution in [0.15, 0.2) is 36.5 Å². The van der Waals surface area contributed by atoms with E-state index in [4.69, 9.17) is 0 Å². The molecular formula is C25H32FN5O3. The van der Waals surface area contributed by atoms with Gasteiger partial charge in [-0.2, -0.15) is 0 Å². The molecule has 0 spiro atoms. The number of urea groups is 2. The first-order chi connectivity index (χ1) is 16.2. The Hall–Kier alpha value is -3.20. The smallest absolute Gasteiger partial charge is 0.322 e. The maximum Gasteiger partial charge on any atom is 0.322 e. The molecule has 1 aromatic carbocycles. The summed E-state index contributed by atoms with van der Waals surface area (Å²) in [6, 6.07) is 8.94. The van der Waals surface area contributed by atoms with Crippen molar-refractivity contribution >= 4 is 17.7 Å². The molecule has 3 N–H and O–H groups in total. The standard InChI is InChI=1S/C25H32FN5O3/c1-25(2,34)9-10-27-23(32)30-11-7-18(8-12-30)17-3-5-21(6-4-17)29-24(33)31-15-19-13-20(26)14-28-22(19)16-31/h3-6,13-14,18,34H,7-12,15-16H2,1-2H3,(H,27,32)(H,29,33). The third-order valence-corrected chi connectivity index (χ3v) is 6.44. The minimum Gasteiger partial charge on any atom is -0.390 e. The number of carbonyl (C=O) groups is 2. The highest BCUT2D eigenvalue weighted by Gasteiger charge is 2.26. The molecule has 8 nitrogen and oxygen atoms in total. The minimum absolute atomic E-state index is 0.0808. The number of piperidine rings is 1. The fraction of sp³-hybridized carbons (Fsp3) is 0.480. The fourth-order valence-corrected chi connectivity index (χ4v) is 4.42. The van der Waals surface area contributed by atoms with Gasteiger partial charge in [0.25, 0.3) is 0 Å². The third-order valence-electron chi connectivity index (χ3n) is 6.44. The van der Waals surface area contributed by atoms with E-state index in [0.29, 0.717) is 50.7 Å². The van der Waals surface area contributed by atoms with Crippen LogP contribution in [0.25, 0.3) is 0 Å². The molecule has 1 saturated heterocycles. The first kappa shape index (κ1) is 23.9. The van der Waals surface area contributed by atoms with Crippen LogP contribution >= 0.6 is 0 Å². The number of rotatable bonds is 5. The summed E-state index contributed by atoms with van der Waals surface area (Å²) in [6.45, 7) is 5.98. The van der Waals surface area contributed by atoms with E-state index in [9.17, 15) is 19.1 Å². The highest BCUT2D eigenvalue weighted by atomic mass is 19.1. The Morgan fingerprint density at radius 2 is 1.82 bits per heavy atom. The van der Waals surface area contributed by atoms with E-state index in [1.54, 1.807) is 18.7 Å². The predicted octanol–water partition coefficient (Wildman–Crippen LogP) is 3.82. The highest BCUT2D eigenvalue weighted by Crippen LogP contribution is 2.29. The van der Waals surface area contributed by atoms with Gasteiger partial charge < -0.3 is 25.5 Å². The number of nitrogens with zero attached hydrogens (tertiary/aromatic N) is 3. The van der Waals surface area contributed by atoms with Gasteiger partial charge in [0, 0.05) is 31.9 Å². The molecule has 0 saturated carbocycles. The van der Waals surface area contributed by atoms with Crippen molar-refractivity contribution in [1.82, 2.24) is 20.1 Å². The lowest BCUT2D eigenvalue weighted by molar-refractivity contribution is 0.0713. The molecule has 0 atom stereocenters. The summed E-state index contributed by atoms with van der Waals surface area (Å²) in [5.74, 6) is -0.0342. The molecule has 182 valence electrons. The minimum atomic E-state index is -0.790. The van der Waals surface area contributed by atoms with Gasteiger partial charge in [0.2, 0.25) is 0 Å². The SMILES string of the molecule is CC(C)(O)CCNC(=O)N1CCC(c2ccc(NC(=O)N3Cc4cc(F)cnc4C3)cc2)CC1. The van der Waals surface area contributed by atoms with Gasteiger partial charge in [-0.3, -0.25) is 4.98 Å². The van der Waals surface area contributed by atoms with Crippen LogP contribution in [0.2, 0.25) is 0 Å². The topological polar surface area (TPSA) is 97.8 Å². The van der Waals surface area contributed by atoms with Crippen LogP contribution in [0, 0.1) is 5.82 Å². The fourth-order valence-electron chi connectivity index (χ4n) is 4.42. The van der Waals surface area contributed by atoms with E-state index in [1.807, 2.05) is 29.2 Å². The van der Waals surface area contributed by atoms with Gasteiger partial charge in [0.15, 0.2) is 0 Å². The van der Waals surface area contributed by atoms with Crippen LogP contribution in [-0.2, 0) is 13.1 Å². The molecule has 0 bridgehead atoms. The van der Waals surface area contributed by atoms with Gasteiger partial charge in [0.05, 0.1) is 24.0 Å². The van der Waals surface area contributed by atoms with E-state index >= 15 is 0 Å².